The molecule has 1 saturated heterocycles. The average Bonchev–Trinajstić information content (AvgIpc) is 2.65. The first-order chi connectivity index (χ1) is 13.8. The molecule has 1 N–H and O–H groups in total. The number of nitrogens with zero attached hydrogens (tertiary/aromatic N) is 1. The van der Waals surface area contributed by atoms with E-state index in [0.717, 1.165) is 19.4 Å². The Bertz CT molecular complexity index is 376. The van der Waals surface area contributed by atoms with Gasteiger partial charge in [-0.2, -0.15) is 5.06 Å². The number of rotatable bonds is 17. The van der Waals surface area contributed by atoms with Crippen molar-refractivity contribution in [3.8, 4) is 0 Å². The highest BCUT2D eigenvalue weighted by molar-refractivity contribution is 4.96. The van der Waals surface area contributed by atoms with Gasteiger partial charge in [-0.1, -0.05) is 96.8 Å². The van der Waals surface area contributed by atoms with E-state index in [9.17, 15) is 5.21 Å². The van der Waals surface area contributed by atoms with Crippen molar-refractivity contribution in [2.24, 2.45) is 0 Å². The summed E-state index contributed by atoms with van der Waals surface area (Å²) in [4.78, 5) is 0. The van der Waals surface area contributed by atoms with Gasteiger partial charge in [-0.3, -0.25) is 0 Å². The molecule has 0 aliphatic carbocycles. The molecule has 0 bridgehead atoms. The van der Waals surface area contributed by atoms with E-state index in [1.807, 2.05) is 0 Å². The average molecular weight is 412 g/mol. The number of hydrogen-bond acceptors (Lipinski definition) is 3. The van der Waals surface area contributed by atoms with Crippen molar-refractivity contribution in [2.45, 2.75) is 161 Å². The highest BCUT2D eigenvalue weighted by Gasteiger charge is 2.45. The lowest BCUT2D eigenvalue weighted by Gasteiger charge is -2.51. The zero-order chi connectivity index (χ0) is 21.6. The van der Waals surface area contributed by atoms with Crippen molar-refractivity contribution in [1.82, 2.24) is 5.06 Å². The molecule has 3 heteroatoms. The van der Waals surface area contributed by atoms with Gasteiger partial charge in [0, 0.05) is 17.7 Å². The second-order valence-corrected chi connectivity index (χ2v) is 10.8. The van der Waals surface area contributed by atoms with E-state index in [0.29, 0.717) is 0 Å². The third-order valence-corrected chi connectivity index (χ3v) is 6.70. The van der Waals surface area contributed by atoms with Crippen molar-refractivity contribution < 1.29 is 9.94 Å². The first-order valence-corrected chi connectivity index (χ1v) is 12.9. The summed E-state index contributed by atoms with van der Waals surface area (Å²) in [6, 6.07) is 0. The third-order valence-electron chi connectivity index (χ3n) is 6.70. The Hall–Kier alpha value is -0.120. The van der Waals surface area contributed by atoms with Crippen molar-refractivity contribution in [2.75, 3.05) is 6.61 Å². The highest BCUT2D eigenvalue weighted by Crippen LogP contribution is 2.37. The molecule has 3 nitrogen and oxygen atoms in total. The number of hydroxylamine groups is 2. The van der Waals surface area contributed by atoms with E-state index in [2.05, 4.69) is 34.6 Å². The highest BCUT2D eigenvalue weighted by atomic mass is 16.5. The van der Waals surface area contributed by atoms with Gasteiger partial charge in [0.25, 0.3) is 0 Å². The van der Waals surface area contributed by atoms with Crippen molar-refractivity contribution in [3.63, 3.8) is 0 Å². The molecule has 0 radical (unpaired) electrons. The molecule has 174 valence electrons. The zero-order valence-electron chi connectivity index (χ0n) is 20.6. The molecular formula is C26H53NO2. The summed E-state index contributed by atoms with van der Waals surface area (Å²) in [5.41, 5.74) is -0.414. The fourth-order valence-corrected chi connectivity index (χ4v) is 5.02. The SMILES string of the molecule is CCCCCCCCCCCCCCCCCOC1CC(C)(C)N(O)C(C)(C)C1. The van der Waals surface area contributed by atoms with Gasteiger partial charge in [0.05, 0.1) is 6.10 Å². The maximum atomic E-state index is 10.4. The number of hydrogen-bond donors (Lipinski definition) is 1. The lowest BCUT2D eigenvalue weighted by atomic mass is 9.80. The predicted molar refractivity (Wildman–Crippen MR) is 126 cm³/mol. The topological polar surface area (TPSA) is 32.7 Å². The van der Waals surface area contributed by atoms with Gasteiger partial charge in [-0.25, -0.2) is 0 Å². The first-order valence-electron chi connectivity index (χ1n) is 12.9. The molecule has 0 unspecified atom stereocenters. The summed E-state index contributed by atoms with van der Waals surface area (Å²) in [6.07, 6.45) is 23.1. The minimum absolute atomic E-state index is 0.207. The van der Waals surface area contributed by atoms with Crippen LogP contribution < -0.4 is 0 Å². The molecule has 1 aliphatic rings. The molecule has 0 saturated carbocycles. The zero-order valence-corrected chi connectivity index (χ0v) is 20.6. The van der Waals surface area contributed by atoms with Crippen LogP contribution in [0.25, 0.3) is 0 Å². The summed E-state index contributed by atoms with van der Waals surface area (Å²) < 4.78 is 6.18. The summed E-state index contributed by atoms with van der Waals surface area (Å²) in [7, 11) is 0. The summed E-state index contributed by atoms with van der Waals surface area (Å²) in [5.74, 6) is 0. The van der Waals surface area contributed by atoms with E-state index in [-0.39, 0.29) is 17.2 Å². The molecule has 1 heterocycles. The molecule has 0 spiro atoms. The molecular weight excluding hydrogens is 358 g/mol. The van der Waals surface area contributed by atoms with E-state index >= 15 is 0 Å². The van der Waals surface area contributed by atoms with Crippen LogP contribution in [-0.2, 0) is 4.74 Å². The van der Waals surface area contributed by atoms with E-state index in [1.165, 1.54) is 101 Å². The Labute approximate surface area is 182 Å². The summed E-state index contributed by atoms with van der Waals surface area (Å²) >= 11 is 0. The lowest BCUT2D eigenvalue weighted by molar-refractivity contribution is -0.261. The Morgan fingerprint density at radius 1 is 0.655 bits per heavy atom. The Balaban J connectivity index is 1.88. The molecule has 0 atom stereocenters. The van der Waals surface area contributed by atoms with Crippen molar-refractivity contribution >= 4 is 0 Å². The van der Waals surface area contributed by atoms with Crippen LogP contribution >= 0.6 is 0 Å². The van der Waals surface area contributed by atoms with Gasteiger partial charge >= 0.3 is 0 Å². The third kappa shape index (κ3) is 11.7. The normalized spacial score (nSPS) is 19.7. The maximum absolute atomic E-state index is 10.4. The van der Waals surface area contributed by atoms with Gasteiger partial charge in [0.1, 0.15) is 0 Å². The van der Waals surface area contributed by atoms with Crippen LogP contribution in [0, 0.1) is 0 Å². The molecule has 0 aromatic heterocycles. The number of ether oxygens (including phenoxy) is 1. The standard InChI is InChI=1S/C26H53NO2/c1-6-7-8-9-10-11-12-13-14-15-16-17-18-19-20-21-29-24-22-25(2,3)27(28)26(4,5)23-24/h24,28H,6-23H2,1-5H3. The number of piperidine rings is 1. The molecule has 1 fully saturated rings. The van der Waals surface area contributed by atoms with Gasteiger partial charge in [0.2, 0.25) is 0 Å². The fourth-order valence-electron chi connectivity index (χ4n) is 5.02. The monoisotopic (exact) mass is 411 g/mol. The first kappa shape index (κ1) is 26.9. The molecule has 1 rings (SSSR count). The Morgan fingerprint density at radius 3 is 1.38 bits per heavy atom. The van der Waals surface area contributed by atoms with E-state index in [4.69, 9.17) is 4.74 Å². The minimum atomic E-state index is -0.207. The fraction of sp³-hybridized carbons (Fsp3) is 1.00. The second-order valence-electron chi connectivity index (χ2n) is 10.8. The van der Waals surface area contributed by atoms with Gasteiger partial charge in [0.15, 0.2) is 0 Å². The molecule has 1 aliphatic heterocycles. The second kappa shape index (κ2) is 14.8. The largest absolute Gasteiger partial charge is 0.378 e. The van der Waals surface area contributed by atoms with Crippen LogP contribution in [0.1, 0.15) is 144 Å². The minimum Gasteiger partial charge on any atom is -0.378 e. The lowest BCUT2D eigenvalue weighted by Crippen LogP contribution is -2.60. The number of unbranched alkanes of at least 4 members (excludes halogenated alkanes) is 14. The van der Waals surface area contributed by atoms with Crippen LogP contribution in [0.5, 0.6) is 0 Å². The maximum Gasteiger partial charge on any atom is 0.0611 e. The van der Waals surface area contributed by atoms with Crippen molar-refractivity contribution in [1.29, 1.82) is 0 Å². The van der Waals surface area contributed by atoms with Gasteiger partial charge in [-0.15, -0.1) is 0 Å². The van der Waals surface area contributed by atoms with Crippen LogP contribution in [0.2, 0.25) is 0 Å². The van der Waals surface area contributed by atoms with Crippen LogP contribution in [0.15, 0.2) is 0 Å². The Kier molecular flexibility index (Phi) is 13.7. The smallest absolute Gasteiger partial charge is 0.0611 e. The van der Waals surface area contributed by atoms with Gasteiger partial charge in [-0.05, 0) is 47.0 Å². The van der Waals surface area contributed by atoms with Crippen LogP contribution in [0.4, 0.5) is 0 Å². The Morgan fingerprint density at radius 2 is 1.00 bits per heavy atom. The summed E-state index contributed by atoms with van der Waals surface area (Å²) in [6.45, 7) is 11.6. The molecule has 0 amide bonds. The van der Waals surface area contributed by atoms with E-state index < -0.39 is 0 Å². The molecule has 29 heavy (non-hydrogen) atoms. The molecule has 0 aromatic rings. The van der Waals surface area contributed by atoms with E-state index in [1.54, 1.807) is 0 Å². The summed E-state index contributed by atoms with van der Waals surface area (Å²) in [5, 5.41) is 11.9. The van der Waals surface area contributed by atoms with Crippen LogP contribution in [-0.4, -0.2) is 34.1 Å². The quantitative estimate of drug-likeness (QED) is 0.244. The van der Waals surface area contributed by atoms with Crippen molar-refractivity contribution in [3.05, 3.63) is 0 Å². The molecule has 0 aromatic carbocycles. The van der Waals surface area contributed by atoms with Crippen LogP contribution in [0.3, 0.4) is 0 Å². The predicted octanol–water partition coefficient (Wildman–Crippen LogP) is 8.29. The van der Waals surface area contributed by atoms with Gasteiger partial charge < -0.3 is 9.94 Å².